The number of carbonyl (C=O) groups is 1. The van der Waals surface area contributed by atoms with E-state index < -0.39 is 10.0 Å². The zero-order chi connectivity index (χ0) is 19.7. The topological polar surface area (TPSA) is 111 Å². The minimum Gasteiger partial charge on any atom is -0.345 e. The van der Waals surface area contributed by atoms with Gasteiger partial charge in [-0.05, 0) is 12.1 Å². The monoisotopic (exact) mass is 420 g/mol. The van der Waals surface area contributed by atoms with E-state index >= 15 is 0 Å². The maximum absolute atomic E-state index is 13.0. The SMILES string of the molecule is CC(=O)Nc1nc(CN2CCN(S(=O)(=O)c3c[nH]c4ncccc34)CC2)cs1. The van der Waals surface area contributed by atoms with Crippen molar-refractivity contribution in [2.45, 2.75) is 18.4 Å². The fraction of sp³-hybridized carbons (Fsp3) is 0.353. The van der Waals surface area contributed by atoms with Crippen molar-refractivity contribution < 1.29 is 13.2 Å². The summed E-state index contributed by atoms with van der Waals surface area (Å²) in [5.74, 6) is -0.146. The molecule has 1 fully saturated rings. The number of amides is 1. The van der Waals surface area contributed by atoms with Crippen LogP contribution in [0.1, 0.15) is 12.6 Å². The number of carbonyl (C=O) groups excluding carboxylic acids is 1. The summed E-state index contributed by atoms with van der Waals surface area (Å²) in [6.07, 6.45) is 3.14. The first-order valence-corrected chi connectivity index (χ1v) is 11.1. The van der Waals surface area contributed by atoms with Gasteiger partial charge in [0, 0.05) is 62.8 Å². The molecule has 28 heavy (non-hydrogen) atoms. The van der Waals surface area contributed by atoms with Crippen molar-refractivity contribution in [2.75, 3.05) is 31.5 Å². The average molecular weight is 421 g/mol. The summed E-state index contributed by atoms with van der Waals surface area (Å²) < 4.78 is 27.6. The second kappa shape index (κ2) is 7.59. The molecule has 0 aliphatic carbocycles. The molecule has 0 radical (unpaired) electrons. The minimum atomic E-state index is -3.58. The number of nitrogens with zero attached hydrogens (tertiary/aromatic N) is 4. The molecular weight excluding hydrogens is 400 g/mol. The van der Waals surface area contributed by atoms with Gasteiger partial charge in [0.05, 0.1) is 5.69 Å². The Bertz CT molecular complexity index is 1100. The predicted molar refractivity (Wildman–Crippen MR) is 107 cm³/mol. The number of H-pyrrole nitrogens is 1. The van der Waals surface area contributed by atoms with E-state index in [4.69, 9.17) is 0 Å². The minimum absolute atomic E-state index is 0.146. The van der Waals surface area contributed by atoms with Gasteiger partial charge in [0.15, 0.2) is 5.13 Å². The van der Waals surface area contributed by atoms with Gasteiger partial charge in [-0.1, -0.05) is 0 Å². The van der Waals surface area contributed by atoms with Crippen LogP contribution in [0.15, 0.2) is 34.8 Å². The van der Waals surface area contributed by atoms with Gasteiger partial charge >= 0.3 is 0 Å². The third kappa shape index (κ3) is 3.78. The number of sulfonamides is 1. The number of thiazole rings is 1. The molecule has 0 spiro atoms. The number of pyridine rings is 1. The van der Waals surface area contributed by atoms with Gasteiger partial charge in [-0.2, -0.15) is 4.31 Å². The van der Waals surface area contributed by atoms with Crippen molar-refractivity contribution in [1.29, 1.82) is 0 Å². The lowest BCUT2D eigenvalue weighted by Crippen LogP contribution is -2.48. The Balaban J connectivity index is 1.41. The second-order valence-electron chi connectivity index (χ2n) is 6.56. The lowest BCUT2D eigenvalue weighted by Gasteiger charge is -2.33. The number of rotatable bonds is 5. The van der Waals surface area contributed by atoms with Crippen LogP contribution >= 0.6 is 11.3 Å². The molecule has 2 N–H and O–H groups in total. The molecule has 1 aliphatic heterocycles. The molecule has 148 valence electrons. The molecule has 1 aliphatic rings. The van der Waals surface area contributed by atoms with Gasteiger partial charge < -0.3 is 10.3 Å². The number of hydrogen-bond acceptors (Lipinski definition) is 7. The van der Waals surface area contributed by atoms with Crippen LogP contribution in [0.4, 0.5) is 5.13 Å². The number of nitrogens with one attached hydrogen (secondary N) is 2. The molecule has 3 aromatic rings. The van der Waals surface area contributed by atoms with E-state index in [0.29, 0.717) is 48.9 Å². The zero-order valence-electron chi connectivity index (χ0n) is 15.3. The van der Waals surface area contributed by atoms with E-state index in [0.717, 1.165) is 5.69 Å². The molecule has 11 heteroatoms. The Labute approximate surface area is 166 Å². The maximum atomic E-state index is 13.0. The van der Waals surface area contributed by atoms with Crippen LogP contribution in [0.2, 0.25) is 0 Å². The van der Waals surface area contributed by atoms with Crippen molar-refractivity contribution in [3.05, 3.63) is 35.6 Å². The first-order chi connectivity index (χ1) is 13.4. The largest absolute Gasteiger partial charge is 0.345 e. The fourth-order valence-electron chi connectivity index (χ4n) is 3.23. The second-order valence-corrected chi connectivity index (χ2v) is 9.32. The van der Waals surface area contributed by atoms with Crippen LogP contribution < -0.4 is 5.32 Å². The van der Waals surface area contributed by atoms with Gasteiger partial charge in [-0.25, -0.2) is 18.4 Å². The molecule has 1 saturated heterocycles. The normalized spacial score (nSPS) is 16.5. The van der Waals surface area contributed by atoms with E-state index in [2.05, 4.69) is 25.2 Å². The first-order valence-electron chi connectivity index (χ1n) is 8.80. The molecule has 4 rings (SSSR count). The standard InChI is InChI=1S/C17H20N6O3S2/c1-12(24)20-17-21-13(11-27-17)10-22-5-7-23(8-6-22)28(25,26)15-9-19-16-14(15)3-2-4-18-16/h2-4,9,11H,5-8,10H2,1H3,(H,18,19)(H,20,21,24). The van der Waals surface area contributed by atoms with Crippen molar-refractivity contribution in [2.24, 2.45) is 0 Å². The summed E-state index contributed by atoms with van der Waals surface area (Å²) in [4.78, 5) is 25.0. The zero-order valence-corrected chi connectivity index (χ0v) is 16.9. The Morgan fingerprint density at radius 1 is 1.32 bits per heavy atom. The molecule has 0 saturated carbocycles. The summed E-state index contributed by atoms with van der Waals surface area (Å²) in [6, 6.07) is 3.49. The molecule has 0 bridgehead atoms. The summed E-state index contributed by atoms with van der Waals surface area (Å²) in [6.45, 7) is 4.14. The average Bonchev–Trinajstić information content (AvgIpc) is 3.29. The quantitative estimate of drug-likeness (QED) is 0.647. The number of fused-ring (bicyclic) bond motifs is 1. The smallest absolute Gasteiger partial charge is 0.245 e. The summed E-state index contributed by atoms with van der Waals surface area (Å²) in [5.41, 5.74) is 1.44. The molecule has 4 heterocycles. The Hall–Kier alpha value is -2.34. The van der Waals surface area contributed by atoms with Crippen molar-refractivity contribution in [1.82, 2.24) is 24.2 Å². The van der Waals surface area contributed by atoms with Gasteiger partial charge in [0.25, 0.3) is 0 Å². The third-order valence-corrected chi connectivity index (χ3v) is 7.33. The van der Waals surface area contributed by atoms with Crippen molar-refractivity contribution >= 4 is 43.4 Å². The predicted octanol–water partition coefficient (Wildman–Crippen LogP) is 1.48. The molecular formula is C17H20N6O3S2. The van der Waals surface area contributed by atoms with Crippen LogP contribution in [-0.4, -0.2) is 64.7 Å². The van der Waals surface area contributed by atoms with Gasteiger partial charge in [0.1, 0.15) is 10.5 Å². The van der Waals surface area contributed by atoms with Gasteiger partial charge in [-0.15, -0.1) is 11.3 Å². The molecule has 3 aromatic heterocycles. The number of aromatic amines is 1. The highest BCUT2D eigenvalue weighted by molar-refractivity contribution is 7.89. The fourth-order valence-corrected chi connectivity index (χ4v) is 5.55. The summed E-state index contributed by atoms with van der Waals surface area (Å²) >= 11 is 1.39. The first kappa shape index (κ1) is 19.0. The van der Waals surface area contributed by atoms with Crippen LogP contribution in [0.5, 0.6) is 0 Å². The van der Waals surface area contributed by atoms with Crippen molar-refractivity contribution in [3.8, 4) is 0 Å². The van der Waals surface area contributed by atoms with Crippen LogP contribution in [-0.2, 0) is 21.4 Å². The molecule has 0 unspecified atom stereocenters. The van der Waals surface area contributed by atoms with Crippen LogP contribution in [0.3, 0.4) is 0 Å². The number of aromatic nitrogens is 3. The molecule has 9 nitrogen and oxygen atoms in total. The van der Waals surface area contributed by atoms with Crippen molar-refractivity contribution in [3.63, 3.8) is 0 Å². The van der Waals surface area contributed by atoms with E-state index in [1.54, 1.807) is 18.3 Å². The summed E-state index contributed by atoms with van der Waals surface area (Å²) in [5, 5.41) is 5.77. The highest BCUT2D eigenvalue weighted by Gasteiger charge is 2.30. The molecule has 0 atom stereocenters. The highest BCUT2D eigenvalue weighted by atomic mass is 32.2. The number of anilines is 1. The Morgan fingerprint density at radius 3 is 2.86 bits per heavy atom. The van der Waals surface area contributed by atoms with Gasteiger partial charge in [-0.3, -0.25) is 9.69 Å². The van der Waals surface area contributed by atoms with E-state index in [9.17, 15) is 13.2 Å². The number of piperazine rings is 1. The Kier molecular flexibility index (Phi) is 5.15. The maximum Gasteiger partial charge on any atom is 0.245 e. The van der Waals surface area contributed by atoms with Crippen LogP contribution in [0, 0.1) is 0 Å². The molecule has 1 amide bonds. The third-order valence-electron chi connectivity index (χ3n) is 4.58. The lowest BCUT2D eigenvalue weighted by molar-refractivity contribution is -0.114. The van der Waals surface area contributed by atoms with Crippen LogP contribution in [0.25, 0.3) is 11.0 Å². The van der Waals surface area contributed by atoms with E-state index in [1.165, 1.54) is 28.8 Å². The Morgan fingerprint density at radius 2 is 2.11 bits per heavy atom. The number of hydrogen-bond donors (Lipinski definition) is 2. The highest BCUT2D eigenvalue weighted by Crippen LogP contribution is 2.25. The van der Waals surface area contributed by atoms with Gasteiger partial charge in [0.2, 0.25) is 15.9 Å². The summed E-state index contributed by atoms with van der Waals surface area (Å²) in [7, 11) is -3.58. The lowest BCUT2D eigenvalue weighted by atomic mass is 10.3. The van der Waals surface area contributed by atoms with E-state index in [1.807, 2.05) is 5.38 Å². The molecule has 0 aromatic carbocycles. The van der Waals surface area contributed by atoms with E-state index in [-0.39, 0.29) is 10.8 Å².